The number of amides is 1. The second-order valence-corrected chi connectivity index (χ2v) is 6.20. The van der Waals surface area contributed by atoms with Crippen molar-refractivity contribution in [2.24, 2.45) is 11.7 Å². The molecule has 2 aliphatic rings. The molecule has 18 heavy (non-hydrogen) atoms. The summed E-state index contributed by atoms with van der Waals surface area (Å²) in [6.45, 7) is 1.96. The minimum Gasteiger partial charge on any atom is -0.338 e. The quantitative estimate of drug-likeness (QED) is 0.818. The Balaban J connectivity index is 1.91. The van der Waals surface area contributed by atoms with E-state index in [1.807, 2.05) is 0 Å². The van der Waals surface area contributed by atoms with Gasteiger partial charge in [-0.05, 0) is 52.6 Å². The van der Waals surface area contributed by atoms with E-state index in [9.17, 15) is 4.79 Å². The normalized spacial score (nSPS) is 33.1. The van der Waals surface area contributed by atoms with Crippen molar-refractivity contribution in [3.8, 4) is 0 Å². The highest BCUT2D eigenvalue weighted by atomic mass is 16.2. The summed E-state index contributed by atoms with van der Waals surface area (Å²) in [5.74, 6) is 0.638. The smallest absolute Gasteiger partial charge is 0.225 e. The van der Waals surface area contributed by atoms with Crippen molar-refractivity contribution in [2.45, 2.75) is 50.6 Å². The Bertz CT molecular complexity index is 285. The number of carbonyl (C=O) groups excluding carboxylic acids is 1. The Morgan fingerprint density at radius 2 is 1.89 bits per heavy atom. The summed E-state index contributed by atoms with van der Waals surface area (Å²) in [5, 5.41) is 0. The maximum Gasteiger partial charge on any atom is 0.225 e. The van der Waals surface area contributed by atoms with E-state index in [0.717, 1.165) is 51.6 Å². The second kappa shape index (κ2) is 6.02. The van der Waals surface area contributed by atoms with Gasteiger partial charge >= 0.3 is 0 Å². The van der Waals surface area contributed by atoms with Crippen molar-refractivity contribution in [1.29, 1.82) is 0 Å². The number of nitrogens with zero attached hydrogens (tertiary/aromatic N) is 2. The lowest BCUT2D eigenvalue weighted by molar-refractivity contribution is -0.137. The molecule has 1 heterocycles. The summed E-state index contributed by atoms with van der Waals surface area (Å²) in [4.78, 5) is 16.9. The monoisotopic (exact) mass is 253 g/mol. The van der Waals surface area contributed by atoms with E-state index in [1.54, 1.807) is 0 Å². The maximum atomic E-state index is 12.6. The van der Waals surface area contributed by atoms with Crippen LogP contribution < -0.4 is 5.73 Å². The van der Waals surface area contributed by atoms with Crippen molar-refractivity contribution >= 4 is 5.91 Å². The van der Waals surface area contributed by atoms with E-state index in [-0.39, 0.29) is 5.92 Å². The van der Waals surface area contributed by atoms with Crippen molar-refractivity contribution in [2.75, 3.05) is 27.2 Å². The summed E-state index contributed by atoms with van der Waals surface area (Å²) >= 11 is 0. The second-order valence-electron chi connectivity index (χ2n) is 6.20. The van der Waals surface area contributed by atoms with Crippen LogP contribution in [0, 0.1) is 5.92 Å². The van der Waals surface area contributed by atoms with E-state index in [1.165, 1.54) is 0 Å². The molecule has 1 saturated heterocycles. The fraction of sp³-hybridized carbons (Fsp3) is 0.929. The lowest BCUT2D eigenvalue weighted by Gasteiger charge is -2.33. The van der Waals surface area contributed by atoms with Gasteiger partial charge in [-0.3, -0.25) is 4.79 Å². The predicted molar refractivity (Wildman–Crippen MR) is 73.2 cm³/mol. The van der Waals surface area contributed by atoms with Gasteiger partial charge in [0, 0.05) is 31.1 Å². The van der Waals surface area contributed by atoms with Gasteiger partial charge in [0.1, 0.15) is 0 Å². The van der Waals surface area contributed by atoms with Crippen molar-refractivity contribution < 1.29 is 4.79 Å². The highest BCUT2D eigenvalue weighted by molar-refractivity contribution is 5.79. The van der Waals surface area contributed by atoms with Gasteiger partial charge in [-0.25, -0.2) is 0 Å². The molecule has 4 heteroatoms. The van der Waals surface area contributed by atoms with E-state index in [0.29, 0.717) is 18.0 Å². The van der Waals surface area contributed by atoms with Gasteiger partial charge in [-0.2, -0.15) is 0 Å². The standard InChI is InChI=1S/C14H27N3O/c1-16(2)10-13-4-3-9-17(13)14(18)11-5-7-12(15)8-6-11/h11-13H,3-10,15H2,1-2H3. The van der Waals surface area contributed by atoms with Crippen LogP contribution in [0.15, 0.2) is 0 Å². The van der Waals surface area contributed by atoms with Crippen LogP contribution in [0.25, 0.3) is 0 Å². The zero-order valence-corrected chi connectivity index (χ0v) is 11.8. The Labute approximate surface area is 110 Å². The van der Waals surface area contributed by atoms with Crippen molar-refractivity contribution in [3.63, 3.8) is 0 Å². The van der Waals surface area contributed by atoms with Crippen LogP contribution in [0.5, 0.6) is 0 Å². The van der Waals surface area contributed by atoms with E-state index >= 15 is 0 Å². The Kier molecular flexibility index (Phi) is 4.62. The minimum atomic E-state index is 0.243. The highest BCUT2D eigenvalue weighted by Gasteiger charge is 2.34. The van der Waals surface area contributed by atoms with Gasteiger partial charge in [-0.1, -0.05) is 0 Å². The van der Waals surface area contributed by atoms with Crippen LogP contribution in [0.3, 0.4) is 0 Å². The first-order valence-corrected chi connectivity index (χ1v) is 7.28. The molecule has 0 bridgehead atoms. The third-order valence-corrected chi connectivity index (χ3v) is 4.36. The largest absolute Gasteiger partial charge is 0.338 e. The lowest BCUT2D eigenvalue weighted by atomic mass is 9.85. The molecule has 0 aromatic heterocycles. The fourth-order valence-electron chi connectivity index (χ4n) is 3.34. The minimum absolute atomic E-state index is 0.243. The van der Waals surface area contributed by atoms with Crippen molar-refractivity contribution in [1.82, 2.24) is 9.80 Å². The van der Waals surface area contributed by atoms with Gasteiger partial charge < -0.3 is 15.5 Å². The molecule has 0 aromatic carbocycles. The number of likely N-dealkylation sites (N-methyl/N-ethyl adjacent to an activating group) is 1. The number of nitrogens with two attached hydrogens (primary N) is 1. The molecule has 0 radical (unpaired) electrons. The molecular weight excluding hydrogens is 226 g/mol. The molecule has 4 nitrogen and oxygen atoms in total. The molecule has 2 N–H and O–H groups in total. The number of likely N-dealkylation sites (tertiary alicyclic amines) is 1. The first kappa shape index (κ1) is 13.8. The summed E-state index contributed by atoms with van der Waals surface area (Å²) in [6, 6.07) is 0.758. The molecule has 104 valence electrons. The van der Waals surface area contributed by atoms with E-state index in [4.69, 9.17) is 5.73 Å². The predicted octanol–water partition coefficient (Wildman–Crippen LogP) is 1.06. The Morgan fingerprint density at radius 3 is 2.50 bits per heavy atom. The van der Waals surface area contributed by atoms with Crippen LogP contribution in [0.2, 0.25) is 0 Å². The fourth-order valence-corrected chi connectivity index (χ4v) is 3.34. The van der Waals surface area contributed by atoms with Gasteiger partial charge in [0.2, 0.25) is 5.91 Å². The summed E-state index contributed by atoms with van der Waals surface area (Å²) in [5.41, 5.74) is 5.91. The number of rotatable bonds is 3. The SMILES string of the molecule is CN(C)CC1CCCN1C(=O)C1CCC(N)CC1. The third-order valence-electron chi connectivity index (χ3n) is 4.36. The molecule has 1 atom stereocenters. The molecule has 1 amide bonds. The van der Waals surface area contributed by atoms with Crippen LogP contribution in [0.1, 0.15) is 38.5 Å². The molecule has 1 unspecified atom stereocenters. The van der Waals surface area contributed by atoms with Crippen LogP contribution in [0.4, 0.5) is 0 Å². The molecule has 1 saturated carbocycles. The molecule has 0 aromatic rings. The van der Waals surface area contributed by atoms with E-state index in [2.05, 4.69) is 23.9 Å². The first-order valence-electron chi connectivity index (χ1n) is 7.28. The Morgan fingerprint density at radius 1 is 1.22 bits per heavy atom. The molecule has 1 aliphatic heterocycles. The van der Waals surface area contributed by atoms with Crippen LogP contribution in [-0.2, 0) is 4.79 Å². The maximum absolute atomic E-state index is 12.6. The first-order chi connectivity index (χ1) is 8.58. The summed E-state index contributed by atoms with van der Waals surface area (Å²) in [6.07, 6.45) is 6.34. The van der Waals surface area contributed by atoms with Gasteiger partial charge in [0.25, 0.3) is 0 Å². The van der Waals surface area contributed by atoms with Gasteiger partial charge in [0.05, 0.1) is 0 Å². The number of hydrogen-bond acceptors (Lipinski definition) is 3. The molecule has 1 aliphatic carbocycles. The number of carbonyl (C=O) groups is 1. The third kappa shape index (κ3) is 3.23. The van der Waals surface area contributed by atoms with Crippen molar-refractivity contribution in [3.05, 3.63) is 0 Å². The Hall–Kier alpha value is -0.610. The zero-order chi connectivity index (χ0) is 13.1. The average molecular weight is 253 g/mol. The van der Waals surface area contributed by atoms with Crippen LogP contribution >= 0.6 is 0 Å². The summed E-state index contributed by atoms with van der Waals surface area (Å²) in [7, 11) is 4.17. The lowest BCUT2D eigenvalue weighted by Crippen LogP contribution is -2.45. The molecular formula is C14H27N3O. The topological polar surface area (TPSA) is 49.6 Å². The number of hydrogen-bond donors (Lipinski definition) is 1. The van der Waals surface area contributed by atoms with Gasteiger partial charge in [-0.15, -0.1) is 0 Å². The van der Waals surface area contributed by atoms with Crippen LogP contribution in [-0.4, -0.2) is 55.0 Å². The molecule has 0 spiro atoms. The molecule has 2 rings (SSSR count). The highest BCUT2D eigenvalue weighted by Crippen LogP contribution is 2.28. The van der Waals surface area contributed by atoms with Gasteiger partial charge in [0.15, 0.2) is 0 Å². The van der Waals surface area contributed by atoms with E-state index < -0.39 is 0 Å². The zero-order valence-electron chi connectivity index (χ0n) is 11.8. The average Bonchev–Trinajstić information content (AvgIpc) is 2.76. The molecule has 2 fully saturated rings. The summed E-state index contributed by atoms with van der Waals surface area (Å²) < 4.78 is 0.